The van der Waals surface area contributed by atoms with Crippen LogP contribution in [0.15, 0.2) is 4.52 Å². The molecule has 20 heavy (non-hydrogen) atoms. The molecular formula is C10H17N9O. The Morgan fingerprint density at radius 2 is 1.90 bits per heavy atom. The Morgan fingerprint density at radius 1 is 1.15 bits per heavy atom. The molecule has 0 fully saturated rings. The average molecular weight is 279 g/mol. The fourth-order valence-corrected chi connectivity index (χ4v) is 1.44. The first-order chi connectivity index (χ1) is 9.58. The van der Waals surface area contributed by atoms with Gasteiger partial charge in [-0.2, -0.15) is 19.9 Å². The standard InChI is InChI=1S/C10H17N9O/c1-6-13-7(18-20-6)4-5-12-8-14-9(17-11)16-10(15-8)19(2)3/h4-5,11H2,1-3H3,(H2,12,14,15,16,17). The molecule has 2 aromatic heterocycles. The highest BCUT2D eigenvalue weighted by molar-refractivity contribution is 5.42. The van der Waals surface area contributed by atoms with Crippen molar-refractivity contribution in [2.24, 2.45) is 5.84 Å². The van der Waals surface area contributed by atoms with Crippen molar-refractivity contribution in [2.45, 2.75) is 13.3 Å². The molecule has 2 aromatic rings. The van der Waals surface area contributed by atoms with Crippen LogP contribution in [-0.4, -0.2) is 45.7 Å². The van der Waals surface area contributed by atoms with Crippen LogP contribution < -0.4 is 21.5 Å². The lowest BCUT2D eigenvalue weighted by Gasteiger charge is -2.12. The molecule has 0 saturated heterocycles. The third-order valence-corrected chi connectivity index (χ3v) is 2.35. The maximum absolute atomic E-state index is 5.33. The molecular weight excluding hydrogens is 262 g/mol. The highest BCUT2D eigenvalue weighted by Crippen LogP contribution is 2.10. The molecule has 0 radical (unpaired) electrons. The topological polar surface area (TPSA) is 131 Å². The van der Waals surface area contributed by atoms with Gasteiger partial charge in [-0.05, 0) is 0 Å². The van der Waals surface area contributed by atoms with Gasteiger partial charge in [0.05, 0.1) is 0 Å². The van der Waals surface area contributed by atoms with Gasteiger partial charge in [-0.25, -0.2) is 5.84 Å². The Kier molecular flexibility index (Phi) is 4.25. The molecule has 0 atom stereocenters. The van der Waals surface area contributed by atoms with Crippen LogP contribution >= 0.6 is 0 Å². The summed E-state index contributed by atoms with van der Waals surface area (Å²) in [5.74, 6) is 7.73. The summed E-state index contributed by atoms with van der Waals surface area (Å²) in [5.41, 5.74) is 2.41. The summed E-state index contributed by atoms with van der Waals surface area (Å²) in [6, 6.07) is 0. The van der Waals surface area contributed by atoms with E-state index in [-0.39, 0.29) is 0 Å². The molecule has 10 nitrogen and oxygen atoms in total. The average Bonchev–Trinajstić information content (AvgIpc) is 2.84. The van der Waals surface area contributed by atoms with Crippen molar-refractivity contribution < 1.29 is 4.52 Å². The monoisotopic (exact) mass is 279 g/mol. The van der Waals surface area contributed by atoms with Crippen LogP contribution in [0.1, 0.15) is 11.7 Å². The molecule has 0 aliphatic heterocycles. The van der Waals surface area contributed by atoms with Gasteiger partial charge in [0, 0.05) is 34.0 Å². The Labute approximate surface area is 115 Å². The summed E-state index contributed by atoms with van der Waals surface area (Å²) in [6.45, 7) is 2.32. The normalized spacial score (nSPS) is 10.4. The summed E-state index contributed by atoms with van der Waals surface area (Å²) in [7, 11) is 3.67. The largest absolute Gasteiger partial charge is 0.354 e. The SMILES string of the molecule is Cc1nc(CCNc2nc(NN)nc(N(C)C)n2)no1. The van der Waals surface area contributed by atoms with Crippen LogP contribution in [0, 0.1) is 6.92 Å². The molecule has 0 saturated carbocycles. The van der Waals surface area contributed by atoms with Gasteiger partial charge in [-0.15, -0.1) is 0 Å². The van der Waals surface area contributed by atoms with Gasteiger partial charge in [0.1, 0.15) is 0 Å². The molecule has 2 heterocycles. The Morgan fingerprint density at radius 3 is 2.50 bits per heavy atom. The Balaban J connectivity index is 1.99. The molecule has 108 valence electrons. The van der Waals surface area contributed by atoms with Gasteiger partial charge in [0.2, 0.25) is 23.7 Å². The fraction of sp³-hybridized carbons (Fsp3) is 0.500. The van der Waals surface area contributed by atoms with Gasteiger partial charge in [0.25, 0.3) is 0 Å². The van der Waals surface area contributed by atoms with E-state index in [9.17, 15) is 0 Å². The first-order valence-corrected chi connectivity index (χ1v) is 6.01. The predicted octanol–water partition coefficient (Wildman–Crippen LogP) is -0.431. The minimum atomic E-state index is 0.293. The number of nitrogens with zero attached hydrogens (tertiary/aromatic N) is 6. The molecule has 0 bridgehead atoms. The molecule has 0 spiro atoms. The van der Waals surface area contributed by atoms with Crippen LogP contribution in [0.2, 0.25) is 0 Å². The first-order valence-electron chi connectivity index (χ1n) is 6.01. The van der Waals surface area contributed by atoms with Crippen LogP contribution in [0.4, 0.5) is 17.8 Å². The molecule has 0 unspecified atom stereocenters. The number of nitrogens with two attached hydrogens (primary N) is 1. The molecule has 0 amide bonds. The van der Waals surface area contributed by atoms with Crippen molar-refractivity contribution in [1.29, 1.82) is 0 Å². The fourth-order valence-electron chi connectivity index (χ4n) is 1.44. The second kappa shape index (κ2) is 6.10. The highest BCUT2D eigenvalue weighted by atomic mass is 16.5. The van der Waals surface area contributed by atoms with Gasteiger partial charge in [-0.1, -0.05) is 5.16 Å². The van der Waals surface area contributed by atoms with E-state index in [4.69, 9.17) is 10.4 Å². The van der Waals surface area contributed by atoms with E-state index >= 15 is 0 Å². The van der Waals surface area contributed by atoms with Crippen molar-refractivity contribution in [3.8, 4) is 0 Å². The maximum atomic E-state index is 5.33. The zero-order valence-electron chi connectivity index (χ0n) is 11.6. The number of nitrogens with one attached hydrogen (secondary N) is 2. The van der Waals surface area contributed by atoms with Crippen LogP contribution in [0.3, 0.4) is 0 Å². The lowest BCUT2D eigenvalue weighted by atomic mass is 10.4. The zero-order chi connectivity index (χ0) is 14.5. The minimum Gasteiger partial charge on any atom is -0.354 e. The van der Waals surface area contributed by atoms with Gasteiger partial charge in [0.15, 0.2) is 5.82 Å². The minimum absolute atomic E-state index is 0.293. The van der Waals surface area contributed by atoms with Crippen molar-refractivity contribution in [1.82, 2.24) is 25.1 Å². The van der Waals surface area contributed by atoms with E-state index in [0.29, 0.717) is 42.5 Å². The molecule has 0 aliphatic rings. The van der Waals surface area contributed by atoms with Gasteiger partial charge >= 0.3 is 0 Å². The third kappa shape index (κ3) is 3.51. The molecule has 10 heteroatoms. The second-order valence-corrected chi connectivity index (χ2v) is 4.23. The smallest absolute Gasteiger partial charge is 0.243 e. The second-order valence-electron chi connectivity index (χ2n) is 4.23. The number of rotatable bonds is 6. The van der Waals surface area contributed by atoms with E-state index in [1.807, 2.05) is 14.1 Å². The number of nitrogen functional groups attached to an aromatic ring is 1. The lowest BCUT2D eigenvalue weighted by Crippen LogP contribution is -2.19. The number of hydrogen-bond donors (Lipinski definition) is 3. The number of hydrazine groups is 1. The van der Waals surface area contributed by atoms with Gasteiger partial charge in [-0.3, -0.25) is 5.43 Å². The number of aryl methyl sites for hydroxylation is 1. The molecule has 2 rings (SSSR count). The van der Waals surface area contributed by atoms with Crippen LogP contribution in [-0.2, 0) is 6.42 Å². The summed E-state index contributed by atoms with van der Waals surface area (Å²) in [6.07, 6.45) is 0.603. The number of hydrogen-bond acceptors (Lipinski definition) is 10. The van der Waals surface area contributed by atoms with E-state index < -0.39 is 0 Å². The number of anilines is 3. The Bertz CT molecular complexity index is 568. The number of aromatic nitrogens is 5. The van der Waals surface area contributed by atoms with E-state index in [1.165, 1.54) is 0 Å². The maximum Gasteiger partial charge on any atom is 0.243 e. The molecule has 4 N–H and O–H groups in total. The summed E-state index contributed by atoms with van der Waals surface area (Å²) in [5, 5.41) is 6.87. The zero-order valence-corrected chi connectivity index (χ0v) is 11.6. The van der Waals surface area contributed by atoms with E-state index in [2.05, 4.69) is 35.8 Å². The Hall–Kier alpha value is -2.49. The van der Waals surface area contributed by atoms with E-state index in [1.54, 1.807) is 11.8 Å². The quantitative estimate of drug-likeness (QED) is 0.472. The predicted molar refractivity (Wildman–Crippen MR) is 73.2 cm³/mol. The lowest BCUT2D eigenvalue weighted by molar-refractivity contribution is 0.387. The summed E-state index contributed by atoms with van der Waals surface area (Å²) >= 11 is 0. The molecule has 0 aliphatic carbocycles. The van der Waals surface area contributed by atoms with Crippen molar-refractivity contribution >= 4 is 17.8 Å². The van der Waals surface area contributed by atoms with Crippen molar-refractivity contribution in [2.75, 3.05) is 36.3 Å². The highest BCUT2D eigenvalue weighted by Gasteiger charge is 2.08. The van der Waals surface area contributed by atoms with Crippen molar-refractivity contribution in [3.05, 3.63) is 11.7 Å². The van der Waals surface area contributed by atoms with Gasteiger partial charge < -0.3 is 14.7 Å². The molecule has 0 aromatic carbocycles. The van der Waals surface area contributed by atoms with Crippen molar-refractivity contribution in [3.63, 3.8) is 0 Å². The van der Waals surface area contributed by atoms with Crippen LogP contribution in [0.25, 0.3) is 0 Å². The first kappa shape index (κ1) is 13.9. The third-order valence-electron chi connectivity index (χ3n) is 2.35. The summed E-state index contributed by atoms with van der Waals surface area (Å²) < 4.78 is 4.89. The van der Waals surface area contributed by atoms with E-state index in [0.717, 1.165) is 0 Å². The van der Waals surface area contributed by atoms with Crippen LogP contribution in [0.5, 0.6) is 0 Å². The summed E-state index contributed by atoms with van der Waals surface area (Å²) in [4.78, 5) is 18.3.